The average Bonchev–Trinajstić information content (AvgIpc) is 2.77. The van der Waals surface area contributed by atoms with Gasteiger partial charge in [-0.3, -0.25) is 14.4 Å². The fourth-order valence-corrected chi connectivity index (χ4v) is 2.39. The van der Waals surface area contributed by atoms with E-state index in [1.54, 1.807) is 10.9 Å². The molecule has 18 heavy (non-hydrogen) atoms. The molecule has 5 nitrogen and oxygen atoms in total. The highest BCUT2D eigenvalue weighted by atomic mass is 19.1. The minimum absolute atomic E-state index is 0.0420. The van der Waals surface area contributed by atoms with Crippen molar-refractivity contribution in [3.63, 3.8) is 0 Å². The minimum Gasteiger partial charge on any atom is -0.369 e. The fourth-order valence-electron chi connectivity index (χ4n) is 2.39. The van der Waals surface area contributed by atoms with Crippen molar-refractivity contribution in [3.8, 4) is 0 Å². The predicted molar refractivity (Wildman–Crippen MR) is 65.4 cm³/mol. The second-order valence-corrected chi connectivity index (χ2v) is 4.78. The molecule has 2 N–H and O–H groups in total. The monoisotopic (exact) mass is 254 g/mol. The molecular formula is C12H19FN4O. The number of carbonyl (C=O) groups excluding carboxylic acids is 1. The van der Waals surface area contributed by atoms with Crippen LogP contribution in [0.4, 0.5) is 4.39 Å². The predicted octanol–water partition coefficient (Wildman–Crippen LogP) is 0.550. The molecule has 0 saturated carbocycles. The van der Waals surface area contributed by atoms with Gasteiger partial charge in [0.2, 0.25) is 5.91 Å². The number of likely N-dealkylation sites (tertiary alicyclic amines) is 1. The zero-order chi connectivity index (χ0) is 13.0. The minimum atomic E-state index is -0.408. The second-order valence-electron chi connectivity index (χ2n) is 4.78. The molecule has 0 aromatic carbocycles. The van der Waals surface area contributed by atoms with Crippen molar-refractivity contribution in [1.29, 1.82) is 0 Å². The number of hydrogen-bond acceptors (Lipinski definition) is 3. The van der Waals surface area contributed by atoms with Gasteiger partial charge >= 0.3 is 0 Å². The number of aryl methyl sites for hydroxylation is 1. The first kappa shape index (κ1) is 13.0. The number of nitrogens with two attached hydrogens (primary N) is 1. The van der Waals surface area contributed by atoms with E-state index in [4.69, 9.17) is 5.73 Å². The van der Waals surface area contributed by atoms with E-state index in [9.17, 15) is 9.18 Å². The summed E-state index contributed by atoms with van der Waals surface area (Å²) in [6, 6.07) is 0. The highest BCUT2D eigenvalue weighted by Gasteiger charge is 2.23. The number of hydrogen-bond donors (Lipinski definition) is 1. The lowest BCUT2D eigenvalue weighted by Crippen LogP contribution is -2.40. The number of aromatic nitrogens is 2. The summed E-state index contributed by atoms with van der Waals surface area (Å²) in [5, 5.41) is 4.08. The Hall–Kier alpha value is -1.43. The van der Waals surface area contributed by atoms with E-state index in [1.165, 1.54) is 0 Å². The smallest absolute Gasteiger partial charge is 0.221 e. The van der Waals surface area contributed by atoms with E-state index in [2.05, 4.69) is 10.00 Å². The highest BCUT2D eigenvalue weighted by molar-refractivity contribution is 5.76. The number of carbonyl (C=O) groups is 1. The van der Waals surface area contributed by atoms with Crippen LogP contribution in [0.1, 0.15) is 18.4 Å². The van der Waals surface area contributed by atoms with Crippen molar-refractivity contribution in [2.75, 3.05) is 19.8 Å². The van der Waals surface area contributed by atoms with E-state index >= 15 is 0 Å². The van der Waals surface area contributed by atoms with E-state index < -0.39 is 6.67 Å². The number of halogens is 1. The summed E-state index contributed by atoms with van der Waals surface area (Å²) in [4.78, 5) is 13.4. The molecule has 0 spiro atoms. The van der Waals surface area contributed by atoms with Gasteiger partial charge in [-0.25, -0.2) is 4.39 Å². The quantitative estimate of drug-likeness (QED) is 0.834. The third kappa shape index (κ3) is 3.29. The van der Waals surface area contributed by atoms with Crippen LogP contribution in [-0.2, 0) is 17.9 Å². The van der Waals surface area contributed by atoms with Gasteiger partial charge in [-0.05, 0) is 19.4 Å². The summed E-state index contributed by atoms with van der Waals surface area (Å²) in [7, 11) is 0. The van der Waals surface area contributed by atoms with Gasteiger partial charge in [0.25, 0.3) is 0 Å². The molecule has 6 heteroatoms. The Morgan fingerprint density at radius 1 is 1.61 bits per heavy atom. The fraction of sp³-hybridized carbons (Fsp3) is 0.667. The molecule has 0 bridgehead atoms. The van der Waals surface area contributed by atoms with Crippen molar-refractivity contribution in [3.05, 3.63) is 18.0 Å². The summed E-state index contributed by atoms with van der Waals surface area (Å²) in [6.07, 6.45) is 5.48. The number of amides is 1. The van der Waals surface area contributed by atoms with Gasteiger partial charge in [-0.2, -0.15) is 5.10 Å². The third-order valence-corrected chi connectivity index (χ3v) is 3.31. The zero-order valence-electron chi connectivity index (χ0n) is 10.4. The topological polar surface area (TPSA) is 64.2 Å². The zero-order valence-corrected chi connectivity index (χ0v) is 10.4. The highest BCUT2D eigenvalue weighted by Crippen LogP contribution is 2.18. The number of alkyl halides is 1. The maximum atomic E-state index is 12.2. The first-order valence-corrected chi connectivity index (χ1v) is 6.28. The van der Waals surface area contributed by atoms with Crippen molar-refractivity contribution in [2.24, 2.45) is 11.7 Å². The van der Waals surface area contributed by atoms with E-state index in [0.29, 0.717) is 13.1 Å². The summed E-state index contributed by atoms with van der Waals surface area (Å²) in [5.74, 6) is -0.257. The van der Waals surface area contributed by atoms with Crippen LogP contribution in [-0.4, -0.2) is 40.4 Å². The molecule has 0 aliphatic carbocycles. The summed E-state index contributed by atoms with van der Waals surface area (Å²) in [5.41, 5.74) is 6.39. The Balaban J connectivity index is 1.89. The average molecular weight is 254 g/mol. The van der Waals surface area contributed by atoms with Gasteiger partial charge in [0.1, 0.15) is 6.67 Å². The molecule has 1 aromatic heterocycles. The van der Waals surface area contributed by atoms with Gasteiger partial charge in [0.15, 0.2) is 0 Å². The Kier molecular flexibility index (Phi) is 4.30. The summed E-state index contributed by atoms with van der Waals surface area (Å²) < 4.78 is 13.8. The van der Waals surface area contributed by atoms with Crippen LogP contribution in [0.5, 0.6) is 0 Å². The molecule has 1 unspecified atom stereocenters. The molecule has 1 atom stereocenters. The molecule has 1 fully saturated rings. The van der Waals surface area contributed by atoms with Crippen LogP contribution in [0.2, 0.25) is 0 Å². The van der Waals surface area contributed by atoms with E-state index in [0.717, 1.165) is 31.5 Å². The van der Waals surface area contributed by atoms with Crippen molar-refractivity contribution >= 4 is 5.91 Å². The molecule has 2 heterocycles. The standard InChI is InChI=1S/C12H19FN4O/c13-3-5-17-8-10(6-15-17)7-16-4-1-2-11(9-16)12(14)18/h6,8,11H,1-5,7,9H2,(H2,14,18). The Labute approximate surface area is 106 Å². The van der Waals surface area contributed by atoms with Crippen molar-refractivity contribution in [2.45, 2.75) is 25.9 Å². The van der Waals surface area contributed by atoms with Crippen molar-refractivity contribution < 1.29 is 9.18 Å². The molecule has 1 saturated heterocycles. The molecule has 2 rings (SSSR count). The lowest BCUT2D eigenvalue weighted by atomic mass is 9.97. The third-order valence-electron chi connectivity index (χ3n) is 3.31. The van der Waals surface area contributed by atoms with Gasteiger partial charge in [-0.15, -0.1) is 0 Å². The molecule has 1 aromatic rings. The molecule has 1 aliphatic rings. The van der Waals surface area contributed by atoms with Gasteiger partial charge < -0.3 is 5.73 Å². The summed E-state index contributed by atoms with van der Waals surface area (Å²) >= 11 is 0. The lowest BCUT2D eigenvalue weighted by Gasteiger charge is -2.30. The molecule has 1 amide bonds. The number of primary amides is 1. The van der Waals surface area contributed by atoms with Crippen LogP contribution in [0, 0.1) is 5.92 Å². The largest absolute Gasteiger partial charge is 0.369 e. The molecular weight excluding hydrogens is 235 g/mol. The molecule has 100 valence electrons. The Morgan fingerprint density at radius 2 is 2.44 bits per heavy atom. The van der Waals surface area contributed by atoms with Crippen LogP contribution >= 0.6 is 0 Å². The van der Waals surface area contributed by atoms with Crippen molar-refractivity contribution in [1.82, 2.24) is 14.7 Å². The van der Waals surface area contributed by atoms with Gasteiger partial charge in [0.05, 0.1) is 18.7 Å². The van der Waals surface area contributed by atoms with E-state index in [1.807, 2.05) is 6.20 Å². The van der Waals surface area contributed by atoms with Crippen LogP contribution in [0.15, 0.2) is 12.4 Å². The maximum Gasteiger partial charge on any atom is 0.221 e. The van der Waals surface area contributed by atoms with Gasteiger partial charge in [-0.1, -0.05) is 0 Å². The first-order valence-electron chi connectivity index (χ1n) is 6.28. The number of piperidine rings is 1. The number of rotatable bonds is 5. The van der Waals surface area contributed by atoms with Crippen LogP contribution < -0.4 is 5.73 Å². The lowest BCUT2D eigenvalue weighted by molar-refractivity contribution is -0.123. The summed E-state index contributed by atoms with van der Waals surface area (Å²) in [6.45, 7) is 2.32. The second kappa shape index (κ2) is 5.95. The molecule has 0 radical (unpaired) electrons. The Bertz CT molecular complexity index is 407. The van der Waals surface area contributed by atoms with Gasteiger partial charge in [0, 0.05) is 24.8 Å². The normalized spacial score (nSPS) is 21.1. The first-order chi connectivity index (χ1) is 8.69. The Morgan fingerprint density at radius 3 is 3.17 bits per heavy atom. The van der Waals surface area contributed by atoms with E-state index in [-0.39, 0.29) is 11.8 Å². The number of nitrogens with zero attached hydrogens (tertiary/aromatic N) is 3. The SMILES string of the molecule is NC(=O)C1CCCN(Cc2cnn(CCF)c2)C1. The molecule has 1 aliphatic heterocycles. The maximum absolute atomic E-state index is 12.2. The van der Waals surface area contributed by atoms with Crippen LogP contribution in [0.3, 0.4) is 0 Å². The van der Waals surface area contributed by atoms with Crippen LogP contribution in [0.25, 0.3) is 0 Å².